The van der Waals surface area contributed by atoms with Crippen molar-refractivity contribution in [3.8, 4) is 0 Å². The van der Waals surface area contributed by atoms with Crippen molar-refractivity contribution in [3.63, 3.8) is 0 Å². The van der Waals surface area contributed by atoms with Crippen molar-refractivity contribution in [3.05, 3.63) is 0 Å². The van der Waals surface area contributed by atoms with Gasteiger partial charge in [-0.25, -0.2) is 4.57 Å². The Morgan fingerprint density at radius 2 is 2.00 bits per heavy atom. The Labute approximate surface area is 66.2 Å². The third-order valence-corrected chi connectivity index (χ3v) is 1.28. The predicted molar refractivity (Wildman–Crippen MR) is 40.2 cm³/mol. The molecule has 0 heterocycles. The normalized spacial score (nSPS) is 10.7. The van der Waals surface area contributed by atoms with Crippen molar-refractivity contribution < 1.29 is 18.9 Å². The standard InChI is InChI=1S/C4H11O4P.ClH/c1-2-3-4-8-9(5,6)7;/h2-4H2,1H3,(H2,5,6,7);1H. The van der Waals surface area contributed by atoms with Gasteiger partial charge in [0, 0.05) is 0 Å². The number of halogens is 1. The Hall–Kier alpha value is 0.400. The van der Waals surface area contributed by atoms with Crippen LogP contribution in [-0.2, 0) is 9.09 Å². The molecule has 0 atom stereocenters. The summed E-state index contributed by atoms with van der Waals surface area (Å²) >= 11 is 0. The third-order valence-electron chi connectivity index (χ3n) is 0.757. The molecule has 0 aliphatic rings. The van der Waals surface area contributed by atoms with Gasteiger partial charge in [0.2, 0.25) is 0 Å². The van der Waals surface area contributed by atoms with Gasteiger partial charge in [-0.15, -0.1) is 12.4 Å². The van der Waals surface area contributed by atoms with Gasteiger partial charge in [0.1, 0.15) is 0 Å². The maximum absolute atomic E-state index is 9.98. The second kappa shape index (κ2) is 6.13. The minimum Gasteiger partial charge on any atom is -0.303 e. The van der Waals surface area contributed by atoms with Gasteiger partial charge in [-0.05, 0) is 6.42 Å². The van der Waals surface area contributed by atoms with E-state index >= 15 is 0 Å². The molecule has 0 aromatic carbocycles. The molecule has 0 aliphatic carbocycles. The number of hydrogen-bond acceptors (Lipinski definition) is 2. The lowest BCUT2D eigenvalue weighted by atomic mass is 10.4. The lowest BCUT2D eigenvalue weighted by Crippen LogP contribution is -1.90. The van der Waals surface area contributed by atoms with E-state index in [-0.39, 0.29) is 19.0 Å². The highest BCUT2D eigenvalue weighted by Gasteiger charge is 2.11. The lowest BCUT2D eigenvalue weighted by molar-refractivity contribution is 0.194. The first-order valence-corrected chi connectivity index (χ1v) is 4.29. The zero-order chi connectivity index (χ0) is 7.33. The second-order valence-corrected chi connectivity index (χ2v) is 2.92. The van der Waals surface area contributed by atoms with E-state index in [9.17, 15) is 4.57 Å². The van der Waals surface area contributed by atoms with Crippen LogP contribution in [0.5, 0.6) is 0 Å². The summed E-state index contributed by atoms with van der Waals surface area (Å²) in [6, 6.07) is 0. The van der Waals surface area contributed by atoms with Crippen LogP contribution in [0.15, 0.2) is 0 Å². The fourth-order valence-electron chi connectivity index (χ4n) is 0.328. The number of rotatable bonds is 4. The van der Waals surface area contributed by atoms with E-state index in [1.165, 1.54) is 0 Å². The van der Waals surface area contributed by atoms with E-state index in [1.807, 2.05) is 6.92 Å². The molecule has 64 valence electrons. The van der Waals surface area contributed by atoms with Crippen LogP contribution in [0.4, 0.5) is 0 Å². The maximum Gasteiger partial charge on any atom is 0.469 e. The topological polar surface area (TPSA) is 66.8 Å². The van der Waals surface area contributed by atoms with Crippen LogP contribution in [0.3, 0.4) is 0 Å². The molecule has 0 aromatic heterocycles. The van der Waals surface area contributed by atoms with Gasteiger partial charge in [0.25, 0.3) is 0 Å². The SMILES string of the molecule is CCCCOP(=O)(O)O.Cl. The van der Waals surface area contributed by atoms with Gasteiger partial charge in [-0.1, -0.05) is 13.3 Å². The number of phosphoric acid groups is 1. The summed E-state index contributed by atoms with van der Waals surface area (Å²) in [5.41, 5.74) is 0. The molecule has 0 amide bonds. The van der Waals surface area contributed by atoms with E-state index < -0.39 is 7.82 Å². The number of phosphoric ester groups is 1. The first-order valence-electron chi connectivity index (χ1n) is 2.76. The Balaban J connectivity index is 0. The molecule has 0 spiro atoms. The van der Waals surface area contributed by atoms with Crippen molar-refractivity contribution in [2.45, 2.75) is 19.8 Å². The molecule has 10 heavy (non-hydrogen) atoms. The molecule has 0 unspecified atom stereocenters. The molecule has 6 heteroatoms. The van der Waals surface area contributed by atoms with Crippen LogP contribution >= 0.6 is 20.2 Å². The zero-order valence-electron chi connectivity index (χ0n) is 5.69. The van der Waals surface area contributed by atoms with Crippen LogP contribution < -0.4 is 0 Å². The second-order valence-electron chi connectivity index (χ2n) is 1.68. The van der Waals surface area contributed by atoms with E-state index in [1.54, 1.807) is 0 Å². The summed E-state index contributed by atoms with van der Waals surface area (Å²) in [6.45, 7) is 2.06. The minimum absolute atomic E-state index is 0. The molecule has 4 nitrogen and oxygen atoms in total. The summed E-state index contributed by atoms with van der Waals surface area (Å²) in [7, 11) is -4.20. The quantitative estimate of drug-likeness (QED) is 0.518. The van der Waals surface area contributed by atoms with Crippen molar-refractivity contribution >= 4 is 20.2 Å². The van der Waals surface area contributed by atoms with Gasteiger partial charge in [-0.3, -0.25) is 4.52 Å². The van der Waals surface area contributed by atoms with Crippen molar-refractivity contribution in [1.82, 2.24) is 0 Å². The Morgan fingerprint density at radius 1 is 1.50 bits per heavy atom. The van der Waals surface area contributed by atoms with Gasteiger partial charge in [0.15, 0.2) is 0 Å². The summed E-state index contributed by atoms with van der Waals surface area (Å²) in [5, 5.41) is 0. The van der Waals surface area contributed by atoms with Gasteiger partial charge in [-0.2, -0.15) is 0 Å². The average molecular weight is 191 g/mol. The van der Waals surface area contributed by atoms with Crippen molar-refractivity contribution in [2.24, 2.45) is 0 Å². The molecule has 2 N–H and O–H groups in total. The van der Waals surface area contributed by atoms with Crippen LogP contribution in [0.2, 0.25) is 0 Å². The Bertz CT molecular complexity index is 112. The molecule has 0 aromatic rings. The van der Waals surface area contributed by atoms with Crippen LogP contribution in [-0.4, -0.2) is 16.4 Å². The molecule has 0 saturated carbocycles. The first kappa shape index (κ1) is 13.0. The first-order chi connectivity index (χ1) is 4.06. The molecule has 0 fully saturated rings. The molecule has 0 aliphatic heterocycles. The summed E-state index contributed by atoms with van der Waals surface area (Å²) in [4.78, 5) is 16.3. The third kappa shape index (κ3) is 11.2. The number of hydrogen-bond donors (Lipinski definition) is 2. The number of unbranched alkanes of at least 4 members (excludes halogenated alkanes) is 1. The van der Waals surface area contributed by atoms with Gasteiger partial charge < -0.3 is 9.79 Å². The van der Waals surface area contributed by atoms with Crippen molar-refractivity contribution in [1.29, 1.82) is 0 Å². The Kier molecular flexibility index (Phi) is 7.99. The molecular formula is C4H12ClO4P. The van der Waals surface area contributed by atoms with Gasteiger partial charge in [0.05, 0.1) is 6.61 Å². The van der Waals surface area contributed by atoms with Crippen LogP contribution in [0.1, 0.15) is 19.8 Å². The monoisotopic (exact) mass is 190 g/mol. The maximum atomic E-state index is 9.98. The fourth-order valence-corrected chi connectivity index (χ4v) is 0.695. The van der Waals surface area contributed by atoms with Crippen LogP contribution in [0.25, 0.3) is 0 Å². The van der Waals surface area contributed by atoms with Crippen LogP contribution in [0, 0.1) is 0 Å². The molecular weight excluding hydrogens is 178 g/mol. The van der Waals surface area contributed by atoms with E-state index in [2.05, 4.69) is 4.52 Å². The van der Waals surface area contributed by atoms with E-state index in [4.69, 9.17) is 9.79 Å². The van der Waals surface area contributed by atoms with Gasteiger partial charge >= 0.3 is 7.82 Å². The summed E-state index contributed by atoms with van der Waals surface area (Å²) in [6.07, 6.45) is 1.56. The summed E-state index contributed by atoms with van der Waals surface area (Å²) < 4.78 is 14.1. The molecule has 0 radical (unpaired) electrons. The smallest absolute Gasteiger partial charge is 0.303 e. The molecule has 0 bridgehead atoms. The van der Waals surface area contributed by atoms with E-state index in [0.717, 1.165) is 6.42 Å². The summed E-state index contributed by atoms with van der Waals surface area (Å²) in [5.74, 6) is 0. The minimum atomic E-state index is -4.20. The van der Waals surface area contributed by atoms with Crippen molar-refractivity contribution in [2.75, 3.05) is 6.61 Å². The lowest BCUT2D eigenvalue weighted by Gasteiger charge is -2.02. The fraction of sp³-hybridized carbons (Fsp3) is 1.00. The largest absolute Gasteiger partial charge is 0.469 e. The predicted octanol–water partition coefficient (Wildman–Crippen LogP) is 1.32. The Morgan fingerprint density at radius 3 is 2.30 bits per heavy atom. The van der Waals surface area contributed by atoms with E-state index in [0.29, 0.717) is 6.42 Å². The molecule has 0 saturated heterocycles. The highest BCUT2D eigenvalue weighted by atomic mass is 35.5. The highest BCUT2D eigenvalue weighted by Crippen LogP contribution is 2.35. The highest BCUT2D eigenvalue weighted by molar-refractivity contribution is 7.46. The zero-order valence-corrected chi connectivity index (χ0v) is 7.40. The average Bonchev–Trinajstić information content (AvgIpc) is 1.63. The molecule has 0 rings (SSSR count).